The molecular formula is C10H15NO. The van der Waals surface area contributed by atoms with E-state index < -0.39 is 0 Å². The van der Waals surface area contributed by atoms with Gasteiger partial charge in [-0.1, -0.05) is 19.1 Å². The maximum Gasteiger partial charge on any atom is 0.115 e. The predicted octanol–water partition coefficient (Wildman–Crippen LogP) is 2.06. The molecule has 66 valence electrons. The summed E-state index contributed by atoms with van der Waals surface area (Å²) in [5.41, 5.74) is 1.12. The van der Waals surface area contributed by atoms with Crippen molar-refractivity contribution >= 4 is 0 Å². The lowest BCUT2D eigenvalue weighted by Crippen LogP contribution is -2.17. The molecule has 0 spiro atoms. The van der Waals surface area contributed by atoms with Gasteiger partial charge in [0.15, 0.2) is 0 Å². The maximum absolute atomic E-state index is 9.20. The number of phenols is 1. The highest BCUT2D eigenvalue weighted by molar-refractivity contribution is 5.28. The van der Waals surface area contributed by atoms with Crippen LogP contribution < -0.4 is 5.32 Å². The first-order chi connectivity index (χ1) is 5.74. The second-order valence-electron chi connectivity index (χ2n) is 2.87. The van der Waals surface area contributed by atoms with Crippen LogP contribution in [0.15, 0.2) is 24.3 Å². The Kier molecular flexibility index (Phi) is 3.11. The fraction of sp³-hybridized carbons (Fsp3) is 0.400. The SMILES string of the molecule is CCN[C@H](C)c1cccc(O)c1. The van der Waals surface area contributed by atoms with Crippen LogP contribution in [-0.4, -0.2) is 11.7 Å². The van der Waals surface area contributed by atoms with Gasteiger partial charge >= 0.3 is 0 Å². The molecule has 0 aliphatic carbocycles. The predicted molar refractivity (Wildman–Crippen MR) is 50.2 cm³/mol. The summed E-state index contributed by atoms with van der Waals surface area (Å²) < 4.78 is 0. The summed E-state index contributed by atoms with van der Waals surface area (Å²) in [5, 5.41) is 12.5. The summed E-state index contributed by atoms with van der Waals surface area (Å²) in [5.74, 6) is 0.331. The molecule has 0 saturated heterocycles. The highest BCUT2D eigenvalue weighted by Gasteiger charge is 2.02. The van der Waals surface area contributed by atoms with E-state index >= 15 is 0 Å². The fourth-order valence-corrected chi connectivity index (χ4v) is 1.22. The molecule has 0 radical (unpaired) electrons. The molecule has 0 unspecified atom stereocenters. The lowest BCUT2D eigenvalue weighted by molar-refractivity contribution is 0.472. The highest BCUT2D eigenvalue weighted by Crippen LogP contribution is 2.17. The Balaban J connectivity index is 2.73. The molecule has 0 saturated carbocycles. The zero-order valence-corrected chi connectivity index (χ0v) is 7.54. The fourth-order valence-electron chi connectivity index (χ4n) is 1.22. The van der Waals surface area contributed by atoms with Gasteiger partial charge in [-0.15, -0.1) is 0 Å². The largest absolute Gasteiger partial charge is 0.508 e. The van der Waals surface area contributed by atoms with Crippen molar-refractivity contribution in [3.05, 3.63) is 29.8 Å². The van der Waals surface area contributed by atoms with E-state index in [0.29, 0.717) is 11.8 Å². The molecule has 1 atom stereocenters. The monoisotopic (exact) mass is 165 g/mol. The number of nitrogens with one attached hydrogen (secondary N) is 1. The van der Waals surface area contributed by atoms with Crippen LogP contribution in [0.25, 0.3) is 0 Å². The van der Waals surface area contributed by atoms with E-state index in [4.69, 9.17) is 0 Å². The number of aromatic hydroxyl groups is 1. The third-order valence-electron chi connectivity index (χ3n) is 1.88. The smallest absolute Gasteiger partial charge is 0.115 e. The normalized spacial score (nSPS) is 12.8. The van der Waals surface area contributed by atoms with Gasteiger partial charge in [-0.3, -0.25) is 0 Å². The zero-order valence-electron chi connectivity index (χ0n) is 7.54. The van der Waals surface area contributed by atoms with Gasteiger partial charge in [-0.05, 0) is 31.2 Å². The number of hydrogen-bond donors (Lipinski definition) is 2. The first-order valence-corrected chi connectivity index (χ1v) is 4.26. The quantitative estimate of drug-likeness (QED) is 0.718. The summed E-state index contributed by atoms with van der Waals surface area (Å²) in [6, 6.07) is 7.64. The van der Waals surface area contributed by atoms with E-state index in [-0.39, 0.29) is 0 Å². The van der Waals surface area contributed by atoms with Crippen molar-refractivity contribution in [2.45, 2.75) is 19.9 Å². The van der Waals surface area contributed by atoms with E-state index in [9.17, 15) is 5.11 Å². The number of hydrogen-bond acceptors (Lipinski definition) is 2. The van der Waals surface area contributed by atoms with E-state index in [1.165, 1.54) is 0 Å². The average molecular weight is 165 g/mol. The van der Waals surface area contributed by atoms with E-state index in [1.54, 1.807) is 12.1 Å². The van der Waals surface area contributed by atoms with Gasteiger partial charge in [0.2, 0.25) is 0 Å². The van der Waals surface area contributed by atoms with Crippen LogP contribution in [0.1, 0.15) is 25.5 Å². The van der Waals surface area contributed by atoms with Crippen LogP contribution in [0.4, 0.5) is 0 Å². The summed E-state index contributed by atoms with van der Waals surface area (Å²) in [7, 11) is 0. The molecule has 0 fully saturated rings. The molecule has 12 heavy (non-hydrogen) atoms. The molecule has 2 nitrogen and oxygen atoms in total. The molecule has 0 aliphatic rings. The summed E-state index contributed by atoms with van der Waals surface area (Å²) in [6.07, 6.45) is 0. The molecular weight excluding hydrogens is 150 g/mol. The first kappa shape index (κ1) is 9.07. The molecule has 1 rings (SSSR count). The second-order valence-corrected chi connectivity index (χ2v) is 2.87. The van der Waals surface area contributed by atoms with Crippen molar-refractivity contribution in [1.29, 1.82) is 0 Å². The maximum atomic E-state index is 9.20. The van der Waals surface area contributed by atoms with Crippen molar-refractivity contribution < 1.29 is 5.11 Å². The highest BCUT2D eigenvalue weighted by atomic mass is 16.3. The third kappa shape index (κ3) is 2.24. The van der Waals surface area contributed by atoms with E-state index in [2.05, 4.69) is 19.2 Å². The third-order valence-corrected chi connectivity index (χ3v) is 1.88. The van der Waals surface area contributed by atoms with E-state index in [1.807, 2.05) is 12.1 Å². The minimum atomic E-state index is 0.307. The minimum absolute atomic E-state index is 0.307. The number of benzene rings is 1. The Morgan fingerprint density at radius 3 is 2.83 bits per heavy atom. The van der Waals surface area contributed by atoms with Gasteiger partial charge in [0.05, 0.1) is 0 Å². The van der Waals surface area contributed by atoms with Crippen molar-refractivity contribution in [3.63, 3.8) is 0 Å². The molecule has 0 amide bonds. The standard InChI is InChI=1S/C10H15NO/c1-3-11-8(2)9-5-4-6-10(12)7-9/h4-8,11-12H,3H2,1-2H3/t8-/m1/s1. The Bertz CT molecular complexity index is 247. The van der Waals surface area contributed by atoms with Gasteiger partial charge in [0.1, 0.15) is 5.75 Å². The van der Waals surface area contributed by atoms with Crippen LogP contribution in [0.5, 0.6) is 5.75 Å². The molecule has 2 heteroatoms. The molecule has 0 aromatic heterocycles. The van der Waals surface area contributed by atoms with Crippen LogP contribution >= 0.6 is 0 Å². The van der Waals surface area contributed by atoms with Gasteiger partial charge in [0, 0.05) is 6.04 Å². The van der Waals surface area contributed by atoms with Gasteiger partial charge < -0.3 is 10.4 Å². The van der Waals surface area contributed by atoms with Crippen LogP contribution in [0.2, 0.25) is 0 Å². The summed E-state index contributed by atoms with van der Waals surface area (Å²) in [4.78, 5) is 0. The Morgan fingerprint density at radius 2 is 2.25 bits per heavy atom. The van der Waals surface area contributed by atoms with Gasteiger partial charge in [-0.25, -0.2) is 0 Å². The van der Waals surface area contributed by atoms with E-state index in [0.717, 1.165) is 12.1 Å². The molecule has 0 bridgehead atoms. The number of phenolic OH excluding ortho intramolecular Hbond substituents is 1. The summed E-state index contributed by atoms with van der Waals surface area (Å²) >= 11 is 0. The van der Waals surface area contributed by atoms with Crippen LogP contribution in [0.3, 0.4) is 0 Å². The average Bonchev–Trinajstić information content (AvgIpc) is 2.05. The second kappa shape index (κ2) is 4.12. The molecule has 0 aliphatic heterocycles. The first-order valence-electron chi connectivity index (χ1n) is 4.26. The van der Waals surface area contributed by atoms with Gasteiger partial charge in [-0.2, -0.15) is 0 Å². The molecule has 2 N–H and O–H groups in total. The summed E-state index contributed by atoms with van der Waals surface area (Å²) in [6.45, 7) is 5.09. The molecule has 1 aromatic carbocycles. The lowest BCUT2D eigenvalue weighted by atomic mass is 10.1. The van der Waals surface area contributed by atoms with Crippen molar-refractivity contribution in [1.82, 2.24) is 5.32 Å². The Hall–Kier alpha value is -1.02. The topological polar surface area (TPSA) is 32.3 Å². The Morgan fingerprint density at radius 1 is 1.50 bits per heavy atom. The van der Waals surface area contributed by atoms with Gasteiger partial charge in [0.25, 0.3) is 0 Å². The lowest BCUT2D eigenvalue weighted by Gasteiger charge is -2.12. The van der Waals surface area contributed by atoms with Crippen LogP contribution in [0, 0.1) is 0 Å². The Labute approximate surface area is 73.2 Å². The zero-order chi connectivity index (χ0) is 8.97. The minimum Gasteiger partial charge on any atom is -0.508 e. The molecule has 1 aromatic rings. The van der Waals surface area contributed by atoms with Crippen LogP contribution in [-0.2, 0) is 0 Å². The van der Waals surface area contributed by atoms with Crippen molar-refractivity contribution in [2.24, 2.45) is 0 Å². The van der Waals surface area contributed by atoms with Crippen molar-refractivity contribution in [3.8, 4) is 5.75 Å². The number of rotatable bonds is 3. The molecule has 0 heterocycles. The van der Waals surface area contributed by atoms with Crippen molar-refractivity contribution in [2.75, 3.05) is 6.54 Å².